The zero-order valence-electron chi connectivity index (χ0n) is 9.57. The van der Waals surface area contributed by atoms with Crippen molar-refractivity contribution < 1.29 is 19.1 Å². The topological polar surface area (TPSA) is 122 Å². The van der Waals surface area contributed by atoms with Crippen molar-refractivity contribution in [3.8, 4) is 0 Å². The van der Waals surface area contributed by atoms with Gasteiger partial charge >= 0.3 is 13.3 Å². The van der Waals surface area contributed by atoms with E-state index in [4.69, 9.17) is 14.5 Å². The van der Waals surface area contributed by atoms with Crippen LogP contribution in [0.3, 0.4) is 0 Å². The van der Waals surface area contributed by atoms with Gasteiger partial charge < -0.3 is 14.5 Å². The molecule has 9 heteroatoms. The second-order valence-corrected chi connectivity index (χ2v) is 6.00. The van der Waals surface area contributed by atoms with E-state index in [1.165, 1.54) is 10.8 Å². The Labute approximate surface area is 101 Å². The molecule has 1 aromatic rings. The number of aryl methyl sites for hydroxylation is 1. The summed E-state index contributed by atoms with van der Waals surface area (Å²) in [6.45, 7) is 1.58. The first-order chi connectivity index (χ1) is 8.29. The van der Waals surface area contributed by atoms with Gasteiger partial charge in [0.2, 0.25) is 0 Å². The van der Waals surface area contributed by atoms with E-state index in [1.54, 1.807) is 6.92 Å². The van der Waals surface area contributed by atoms with E-state index < -0.39 is 30.7 Å². The third-order valence-electron chi connectivity index (χ3n) is 2.87. The highest BCUT2D eigenvalue weighted by Crippen LogP contribution is 2.48. The molecule has 0 unspecified atom stereocenters. The lowest BCUT2D eigenvalue weighted by molar-refractivity contribution is 0.135. The Morgan fingerprint density at radius 1 is 1.50 bits per heavy atom. The van der Waals surface area contributed by atoms with Crippen molar-refractivity contribution in [2.24, 2.45) is 0 Å². The van der Waals surface area contributed by atoms with Crippen LogP contribution < -0.4 is 11.2 Å². The molecule has 0 saturated carbocycles. The number of hydrogen-bond acceptors (Lipinski definition) is 4. The van der Waals surface area contributed by atoms with Crippen LogP contribution in [0.5, 0.6) is 0 Å². The van der Waals surface area contributed by atoms with Crippen LogP contribution in [-0.4, -0.2) is 31.8 Å². The smallest absolute Gasteiger partial charge is 0.354 e. The summed E-state index contributed by atoms with van der Waals surface area (Å²) in [7, 11) is -4.32. The number of ether oxygens (including phenoxy) is 1. The van der Waals surface area contributed by atoms with Gasteiger partial charge in [-0.1, -0.05) is 0 Å². The van der Waals surface area contributed by atoms with Gasteiger partial charge in [0.05, 0.1) is 12.6 Å². The molecular weight excluding hydrogens is 263 g/mol. The first kappa shape index (κ1) is 13.2. The molecule has 1 aliphatic rings. The van der Waals surface area contributed by atoms with Gasteiger partial charge in [0, 0.05) is 18.2 Å². The molecule has 8 nitrogen and oxygen atoms in total. The number of nitrogens with one attached hydrogen (secondary N) is 1. The Balaban J connectivity index is 2.30. The highest BCUT2D eigenvalue weighted by atomic mass is 31.2. The number of aromatic nitrogens is 2. The van der Waals surface area contributed by atoms with Gasteiger partial charge in [-0.2, -0.15) is 0 Å². The molecule has 18 heavy (non-hydrogen) atoms. The van der Waals surface area contributed by atoms with E-state index in [0.717, 1.165) is 0 Å². The van der Waals surface area contributed by atoms with Crippen molar-refractivity contribution in [2.45, 2.75) is 25.2 Å². The van der Waals surface area contributed by atoms with Gasteiger partial charge in [0.1, 0.15) is 0 Å². The minimum atomic E-state index is -4.32. The van der Waals surface area contributed by atoms with Crippen LogP contribution in [0, 0.1) is 6.92 Å². The summed E-state index contributed by atoms with van der Waals surface area (Å²) in [6.07, 6.45) is 1.41. The fourth-order valence-electron chi connectivity index (χ4n) is 1.88. The molecule has 3 N–H and O–H groups in total. The van der Waals surface area contributed by atoms with E-state index in [9.17, 15) is 14.2 Å². The average Bonchev–Trinajstić information content (AvgIpc) is 2.72. The van der Waals surface area contributed by atoms with Gasteiger partial charge in [-0.15, -0.1) is 0 Å². The molecule has 0 bridgehead atoms. The van der Waals surface area contributed by atoms with E-state index in [2.05, 4.69) is 4.98 Å². The van der Waals surface area contributed by atoms with Gasteiger partial charge in [-0.25, -0.2) is 4.79 Å². The van der Waals surface area contributed by atoms with Gasteiger partial charge in [0.15, 0.2) is 5.85 Å². The SMILES string of the molecule is Cc1cn([C@H]2CO[C@@H](P(=O)(O)O)C2)c(=O)[nH]c1=O. The monoisotopic (exact) mass is 276 g/mol. The molecule has 0 radical (unpaired) electrons. The quantitative estimate of drug-likeness (QED) is 0.615. The largest absolute Gasteiger partial charge is 0.363 e. The Hall–Kier alpha value is -1.21. The fraction of sp³-hybridized carbons (Fsp3) is 0.556. The predicted octanol–water partition coefficient (Wildman–Crippen LogP) is -0.690. The zero-order valence-corrected chi connectivity index (χ0v) is 10.5. The van der Waals surface area contributed by atoms with Crippen LogP contribution >= 0.6 is 7.60 Å². The van der Waals surface area contributed by atoms with Crippen LogP contribution in [-0.2, 0) is 9.30 Å². The molecule has 1 fully saturated rings. The third kappa shape index (κ3) is 2.46. The molecule has 0 spiro atoms. The van der Waals surface area contributed by atoms with E-state index in [0.29, 0.717) is 5.56 Å². The Bertz CT molecular complexity index is 614. The molecule has 0 aliphatic carbocycles. The predicted molar refractivity (Wildman–Crippen MR) is 61.5 cm³/mol. The summed E-state index contributed by atoms with van der Waals surface area (Å²) in [6, 6.07) is -0.481. The van der Waals surface area contributed by atoms with Gasteiger partial charge in [0.25, 0.3) is 5.56 Å². The van der Waals surface area contributed by atoms with Crippen LogP contribution in [0.2, 0.25) is 0 Å². The summed E-state index contributed by atoms with van der Waals surface area (Å²) in [4.78, 5) is 42.9. The second-order valence-electron chi connectivity index (χ2n) is 4.25. The number of H-pyrrole nitrogens is 1. The summed E-state index contributed by atoms with van der Waals surface area (Å²) < 4.78 is 17.3. The molecular formula is C9H13N2O6P. The summed E-state index contributed by atoms with van der Waals surface area (Å²) in [5, 5.41) is 0. The van der Waals surface area contributed by atoms with E-state index >= 15 is 0 Å². The molecule has 1 saturated heterocycles. The normalized spacial score (nSPS) is 24.4. The summed E-state index contributed by atoms with van der Waals surface area (Å²) >= 11 is 0. The lowest BCUT2D eigenvalue weighted by Crippen LogP contribution is -2.33. The Morgan fingerprint density at radius 2 is 2.17 bits per heavy atom. The maximum Gasteiger partial charge on any atom is 0.354 e. The lowest BCUT2D eigenvalue weighted by atomic mass is 10.2. The molecule has 2 rings (SSSR count). The van der Waals surface area contributed by atoms with Gasteiger partial charge in [-0.3, -0.25) is 18.9 Å². The van der Waals surface area contributed by atoms with Crippen LogP contribution in [0.25, 0.3) is 0 Å². The number of aromatic amines is 1. The van der Waals surface area contributed by atoms with Crippen molar-refractivity contribution in [1.29, 1.82) is 0 Å². The molecule has 0 aromatic carbocycles. The van der Waals surface area contributed by atoms with Crippen molar-refractivity contribution in [3.63, 3.8) is 0 Å². The maximum absolute atomic E-state index is 11.6. The lowest BCUT2D eigenvalue weighted by Gasteiger charge is -2.13. The molecule has 1 aliphatic heterocycles. The van der Waals surface area contributed by atoms with Crippen LogP contribution in [0.4, 0.5) is 0 Å². The van der Waals surface area contributed by atoms with Crippen molar-refractivity contribution >= 4 is 7.60 Å². The number of hydrogen-bond donors (Lipinski definition) is 3. The highest BCUT2D eigenvalue weighted by molar-refractivity contribution is 7.52. The van der Waals surface area contributed by atoms with E-state index in [-0.39, 0.29) is 13.0 Å². The molecule has 1 aromatic heterocycles. The van der Waals surface area contributed by atoms with Crippen LogP contribution in [0.15, 0.2) is 15.8 Å². The van der Waals surface area contributed by atoms with E-state index in [1.807, 2.05) is 0 Å². The first-order valence-electron chi connectivity index (χ1n) is 5.28. The maximum atomic E-state index is 11.6. The summed E-state index contributed by atoms with van der Waals surface area (Å²) in [5.74, 6) is -1.19. The number of nitrogens with zero attached hydrogens (tertiary/aromatic N) is 1. The Kier molecular flexibility index (Phi) is 3.29. The van der Waals surface area contributed by atoms with Crippen LogP contribution in [0.1, 0.15) is 18.0 Å². The third-order valence-corrected chi connectivity index (χ3v) is 3.98. The average molecular weight is 276 g/mol. The van der Waals surface area contributed by atoms with Crippen molar-refractivity contribution in [1.82, 2.24) is 9.55 Å². The first-order valence-corrected chi connectivity index (χ1v) is 6.96. The molecule has 2 heterocycles. The minimum absolute atomic E-state index is 0.0289. The highest BCUT2D eigenvalue weighted by Gasteiger charge is 2.38. The van der Waals surface area contributed by atoms with Crippen molar-refractivity contribution in [2.75, 3.05) is 6.61 Å². The minimum Gasteiger partial charge on any atom is -0.363 e. The number of rotatable bonds is 2. The zero-order chi connectivity index (χ0) is 13.5. The standard InChI is InChI=1S/C9H13N2O6P/c1-5-3-11(9(13)10-8(5)12)6-2-7(17-4-6)18(14,15)16/h3,6-7H,2,4H2,1H3,(H,10,12,13)(H2,14,15,16)/t6-,7+/m1/s1. The van der Waals surface area contributed by atoms with Gasteiger partial charge in [-0.05, 0) is 6.92 Å². The fourth-order valence-corrected chi connectivity index (χ4v) is 2.67. The molecule has 0 amide bonds. The second kappa shape index (κ2) is 4.47. The molecule has 2 atom stereocenters. The Morgan fingerprint density at radius 3 is 2.72 bits per heavy atom. The summed E-state index contributed by atoms with van der Waals surface area (Å²) in [5.41, 5.74) is -0.721. The molecule has 100 valence electrons. The van der Waals surface area contributed by atoms with Crippen molar-refractivity contribution in [3.05, 3.63) is 32.6 Å².